The zero-order chi connectivity index (χ0) is 13.5. The van der Waals surface area contributed by atoms with Crippen molar-refractivity contribution in [1.29, 1.82) is 0 Å². The van der Waals surface area contributed by atoms with Gasteiger partial charge in [0.15, 0.2) is 5.82 Å². The van der Waals surface area contributed by atoms with Crippen LogP contribution < -0.4 is 10.5 Å². The Labute approximate surface area is 109 Å². The van der Waals surface area contributed by atoms with E-state index in [1.165, 1.54) is 13.2 Å². The van der Waals surface area contributed by atoms with Crippen molar-refractivity contribution in [1.82, 2.24) is 10.1 Å². The highest BCUT2D eigenvalue weighted by Gasteiger charge is 2.39. The predicted octanol–water partition coefficient (Wildman–Crippen LogP) is 2.22. The molecule has 1 saturated carbocycles. The van der Waals surface area contributed by atoms with Crippen molar-refractivity contribution in [3.05, 3.63) is 29.8 Å². The van der Waals surface area contributed by atoms with E-state index in [0.29, 0.717) is 11.6 Å². The van der Waals surface area contributed by atoms with Crippen molar-refractivity contribution < 1.29 is 13.7 Å². The summed E-state index contributed by atoms with van der Waals surface area (Å²) in [6.07, 6.45) is 2.71. The number of halogens is 1. The Kier molecular flexibility index (Phi) is 2.74. The van der Waals surface area contributed by atoms with E-state index in [9.17, 15) is 4.39 Å². The van der Waals surface area contributed by atoms with Crippen molar-refractivity contribution in [2.75, 3.05) is 7.11 Å². The summed E-state index contributed by atoms with van der Waals surface area (Å²) in [5.74, 6) is 0.570. The molecule has 6 heteroatoms. The number of nitrogens with two attached hydrogens (primary N) is 1. The Morgan fingerprint density at radius 3 is 2.79 bits per heavy atom. The Hall–Kier alpha value is -1.95. The second kappa shape index (κ2) is 4.31. The molecule has 1 aliphatic rings. The molecule has 19 heavy (non-hydrogen) atoms. The molecule has 2 N–H and O–H groups in total. The van der Waals surface area contributed by atoms with E-state index < -0.39 is 11.4 Å². The normalized spacial score (nSPS) is 17.0. The van der Waals surface area contributed by atoms with Gasteiger partial charge in [0.05, 0.1) is 18.2 Å². The van der Waals surface area contributed by atoms with E-state index in [1.54, 1.807) is 12.1 Å². The van der Waals surface area contributed by atoms with E-state index in [-0.39, 0.29) is 11.5 Å². The molecule has 1 heterocycles. The van der Waals surface area contributed by atoms with Gasteiger partial charge in [0.2, 0.25) is 0 Å². The number of benzene rings is 1. The molecule has 0 saturated heterocycles. The molecule has 100 valence electrons. The lowest BCUT2D eigenvalue weighted by molar-refractivity contribution is 0.229. The highest BCUT2D eigenvalue weighted by molar-refractivity contribution is 5.55. The first-order chi connectivity index (χ1) is 9.12. The minimum atomic E-state index is -0.509. The van der Waals surface area contributed by atoms with Crippen LogP contribution in [0.25, 0.3) is 11.5 Å². The summed E-state index contributed by atoms with van der Waals surface area (Å²) in [4.78, 5) is 4.21. The second-order valence-electron chi connectivity index (χ2n) is 4.78. The third kappa shape index (κ3) is 1.98. The van der Waals surface area contributed by atoms with Crippen molar-refractivity contribution >= 4 is 0 Å². The van der Waals surface area contributed by atoms with Gasteiger partial charge in [-0.1, -0.05) is 5.16 Å². The lowest BCUT2D eigenvalue weighted by atomic mass is 9.77. The smallest absolute Gasteiger partial charge is 0.260 e. The van der Waals surface area contributed by atoms with Crippen molar-refractivity contribution in [3.63, 3.8) is 0 Å². The lowest BCUT2D eigenvalue weighted by Crippen LogP contribution is -2.44. The predicted molar refractivity (Wildman–Crippen MR) is 66.0 cm³/mol. The highest BCUT2D eigenvalue weighted by atomic mass is 19.1. The molecular weight excluding hydrogens is 249 g/mol. The average Bonchev–Trinajstić information content (AvgIpc) is 2.85. The molecule has 1 aliphatic carbocycles. The van der Waals surface area contributed by atoms with Gasteiger partial charge in [0, 0.05) is 6.07 Å². The van der Waals surface area contributed by atoms with Crippen molar-refractivity contribution in [2.45, 2.75) is 24.8 Å². The van der Waals surface area contributed by atoms with Crippen LogP contribution in [0.5, 0.6) is 5.75 Å². The van der Waals surface area contributed by atoms with Crippen LogP contribution in [0.3, 0.4) is 0 Å². The molecule has 0 atom stereocenters. The van der Waals surface area contributed by atoms with Crippen molar-refractivity contribution in [2.24, 2.45) is 5.73 Å². The van der Waals surface area contributed by atoms with Gasteiger partial charge in [-0.15, -0.1) is 0 Å². The Bertz CT molecular complexity index is 608. The number of nitrogens with zero attached hydrogens (tertiary/aromatic N) is 2. The molecule has 1 aromatic carbocycles. The Morgan fingerprint density at radius 2 is 2.21 bits per heavy atom. The number of methoxy groups -OCH3 is 1. The third-order valence-corrected chi connectivity index (χ3v) is 3.52. The zero-order valence-corrected chi connectivity index (χ0v) is 10.5. The minimum Gasteiger partial charge on any atom is -0.497 e. The molecule has 2 aromatic rings. The number of aromatic nitrogens is 2. The Morgan fingerprint density at radius 1 is 1.42 bits per heavy atom. The van der Waals surface area contributed by atoms with E-state index in [0.717, 1.165) is 19.3 Å². The molecular formula is C13H14FN3O2. The van der Waals surface area contributed by atoms with Gasteiger partial charge in [-0.05, 0) is 31.4 Å². The molecule has 0 spiro atoms. The maximum absolute atomic E-state index is 13.9. The summed E-state index contributed by atoms with van der Waals surface area (Å²) in [5.41, 5.74) is 5.84. The molecule has 5 nitrogen and oxygen atoms in total. The van der Waals surface area contributed by atoms with Gasteiger partial charge in [-0.3, -0.25) is 0 Å². The zero-order valence-electron chi connectivity index (χ0n) is 10.5. The van der Waals surface area contributed by atoms with Crippen LogP contribution in [0.2, 0.25) is 0 Å². The summed E-state index contributed by atoms with van der Waals surface area (Å²) in [6, 6.07) is 4.47. The largest absolute Gasteiger partial charge is 0.497 e. The summed E-state index contributed by atoms with van der Waals surface area (Å²) in [7, 11) is 1.48. The van der Waals surface area contributed by atoms with Crippen LogP contribution in [0, 0.1) is 5.82 Å². The van der Waals surface area contributed by atoms with Gasteiger partial charge in [-0.25, -0.2) is 4.39 Å². The minimum absolute atomic E-state index is 0.145. The van der Waals surface area contributed by atoms with Gasteiger partial charge in [-0.2, -0.15) is 4.98 Å². The number of ether oxygens (including phenoxy) is 1. The SMILES string of the molecule is COc1ccc(-c2nc(C3(N)CCC3)no2)c(F)c1. The second-order valence-corrected chi connectivity index (χ2v) is 4.78. The molecule has 0 aliphatic heterocycles. The van der Waals surface area contributed by atoms with Gasteiger partial charge >= 0.3 is 0 Å². The fourth-order valence-electron chi connectivity index (χ4n) is 2.11. The first kappa shape index (κ1) is 12.1. The maximum atomic E-state index is 13.9. The van der Waals surface area contributed by atoms with Crippen LogP contribution >= 0.6 is 0 Å². The van der Waals surface area contributed by atoms with Crippen LogP contribution in [0.1, 0.15) is 25.1 Å². The van der Waals surface area contributed by atoms with E-state index in [1.807, 2.05) is 0 Å². The van der Waals surface area contributed by atoms with Gasteiger partial charge in [0.1, 0.15) is 11.6 Å². The summed E-state index contributed by atoms with van der Waals surface area (Å²) < 4.78 is 23.9. The van der Waals surface area contributed by atoms with Crippen LogP contribution in [0.4, 0.5) is 4.39 Å². The van der Waals surface area contributed by atoms with Crippen LogP contribution in [-0.4, -0.2) is 17.3 Å². The first-order valence-electron chi connectivity index (χ1n) is 6.09. The Balaban J connectivity index is 1.94. The molecule has 0 amide bonds. The topological polar surface area (TPSA) is 74.2 Å². The van der Waals surface area contributed by atoms with Gasteiger partial charge < -0.3 is 15.0 Å². The summed E-state index contributed by atoms with van der Waals surface area (Å²) in [5, 5.41) is 3.86. The monoisotopic (exact) mass is 263 g/mol. The fraction of sp³-hybridized carbons (Fsp3) is 0.385. The molecule has 0 unspecified atom stereocenters. The first-order valence-corrected chi connectivity index (χ1v) is 6.09. The number of hydrogen-bond acceptors (Lipinski definition) is 5. The average molecular weight is 263 g/mol. The fourth-order valence-corrected chi connectivity index (χ4v) is 2.11. The highest BCUT2D eigenvalue weighted by Crippen LogP contribution is 2.38. The maximum Gasteiger partial charge on any atom is 0.260 e. The molecule has 3 rings (SSSR count). The van der Waals surface area contributed by atoms with E-state index in [4.69, 9.17) is 15.0 Å². The molecule has 0 bridgehead atoms. The molecule has 1 aromatic heterocycles. The van der Waals surface area contributed by atoms with Crippen LogP contribution in [0.15, 0.2) is 22.7 Å². The number of hydrogen-bond donors (Lipinski definition) is 1. The van der Waals surface area contributed by atoms with Crippen molar-refractivity contribution in [3.8, 4) is 17.2 Å². The number of rotatable bonds is 3. The van der Waals surface area contributed by atoms with Crippen LogP contribution in [-0.2, 0) is 5.54 Å². The summed E-state index contributed by atoms with van der Waals surface area (Å²) >= 11 is 0. The standard InChI is InChI=1S/C13H14FN3O2/c1-18-8-3-4-9(10(14)7-8)11-16-12(17-19-11)13(15)5-2-6-13/h3-4,7H,2,5-6,15H2,1H3. The quantitative estimate of drug-likeness (QED) is 0.919. The lowest BCUT2D eigenvalue weighted by Gasteiger charge is -2.34. The molecule has 0 radical (unpaired) electrons. The third-order valence-electron chi connectivity index (χ3n) is 3.52. The summed E-state index contributed by atoms with van der Waals surface area (Å²) in [6.45, 7) is 0. The van der Waals surface area contributed by atoms with E-state index >= 15 is 0 Å². The van der Waals surface area contributed by atoms with Gasteiger partial charge in [0.25, 0.3) is 5.89 Å². The van der Waals surface area contributed by atoms with E-state index in [2.05, 4.69) is 10.1 Å². The molecule has 1 fully saturated rings.